The first-order chi connectivity index (χ1) is 5.18. The van der Waals surface area contributed by atoms with E-state index in [1.165, 1.54) is 12.8 Å². The van der Waals surface area contributed by atoms with Crippen LogP contribution in [0.3, 0.4) is 0 Å². The minimum Gasteiger partial charge on any atom is -0.390 e. The molecule has 2 nitrogen and oxygen atoms in total. The Bertz CT molecular complexity index is 102. The van der Waals surface area contributed by atoms with E-state index < -0.39 is 7.18 Å². The quantitative estimate of drug-likeness (QED) is 0.526. The van der Waals surface area contributed by atoms with Crippen LogP contribution in [0.5, 0.6) is 0 Å². The second kappa shape index (κ2) is 6.17. The van der Waals surface area contributed by atoms with Gasteiger partial charge in [0, 0.05) is 19.8 Å². The van der Waals surface area contributed by atoms with E-state index in [0.717, 1.165) is 12.7 Å². The molecule has 0 saturated heterocycles. The molecule has 0 aromatic rings. The SMILES string of the molecule is CCCC[Si](Br)(OC)OCC. The lowest BCUT2D eigenvalue weighted by molar-refractivity contribution is 0.233. The van der Waals surface area contributed by atoms with Crippen molar-refractivity contribution >= 4 is 22.5 Å². The molecule has 0 fully saturated rings. The fourth-order valence-corrected chi connectivity index (χ4v) is 4.04. The molecule has 0 amide bonds. The molecular weight excluding hydrogens is 224 g/mol. The highest BCUT2D eigenvalue weighted by molar-refractivity contribution is 9.25. The van der Waals surface area contributed by atoms with Crippen LogP contribution in [-0.2, 0) is 8.85 Å². The average molecular weight is 241 g/mol. The van der Waals surface area contributed by atoms with Crippen molar-refractivity contribution in [2.24, 2.45) is 0 Å². The van der Waals surface area contributed by atoms with E-state index in [-0.39, 0.29) is 0 Å². The van der Waals surface area contributed by atoms with Crippen LogP contribution in [0.1, 0.15) is 26.7 Å². The average Bonchev–Trinajstić information content (AvgIpc) is 2.02. The van der Waals surface area contributed by atoms with Gasteiger partial charge in [0.15, 0.2) is 0 Å². The minimum atomic E-state index is -1.93. The third-order valence-corrected chi connectivity index (χ3v) is 6.62. The van der Waals surface area contributed by atoms with Gasteiger partial charge in [-0.3, -0.25) is 0 Å². The molecule has 0 N–H and O–H groups in total. The van der Waals surface area contributed by atoms with Gasteiger partial charge in [-0.1, -0.05) is 35.1 Å². The topological polar surface area (TPSA) is 18.5 Å². The maximum absolute atomic E-state index is 5.51. The summed E-state index contributed by atoms with van der Waals surface area (Å²) in [6.07, 6.45) is 2.36. The molecule has 0 aromatic carbocycles. The van der Waals surface area contributed by atoms with Crippen LogP contribution in [0.15, 0.2) is 0 Å². The summed E-state index contributed by atoms with van der Waals surface area (Å²) in [7, 11) is -0.217. The lowest BCUT2D eigenvalue weighted by Gasteiger charge is -2.21. The smallest absolute Gasteiger partial charge is 0.390 e. The molecule has 0 heterocycles. The van der Waals surface area contributed by atoms with E-state index >= 15 is 0 Å². The van der Waals surface area contributed by atoms with Gasteiger partial charge < -0.3 is 8.85 Å². The van der Waals surface area contributed by atoms with Crippen LogP contribution in [0, 0.1) is 0 Å². The van der Waals surface area contributed by atoms with Gasteiger partial charge in [-0.2, -0.15) is 0 Å². The Kier molecular flexibility index (Phi) is 6.51. The largest absolute Gasteiger partial charge is 0.413 e. The second-order valence-electron chi connectivity index (χ2n) is 2.40. The van der Waals surface area contributed by atoms with Crippen LogP contribution < -0.4 is 0 Å². The van der Waals surface area contributed by atoms with Crippen LogP contribution in [0.25, 0.3) is 0 Å². The van der Waals surface area contributed by atoms with Gasteiger partial charge in [-0.15, -0.1) is 0 Å². The second-order valence-corrected chi connectivity index (χ2v) is 8.54. The van der Waals surface area contributed by atoms with Crippen molar-refractivity contribution in [2.45, 2.75) is 32.7 Å². The standard InChI is InChI=1S/C7H17BrO2Si/c1-4-6-7-11(8,9-3)10-5-2/h4-7H2,1-3H3. The molecule has 0 rings (SSSR count). The number of halogens is 1. The molecule has 0 radical (unpaired) electrons. The fourth-order valence-electron chi connectivity index (χ4n) is 0.837. The van der Waals surface area contributed by atoms with E-state index in [1.54, 1.807) is 7.11 Å². The molecule has 0 aromatic heterocycles. The first-order valence-electron chi connectivity index (χ1n) is 4.06. The van der Waals surface area contributed by atoms with Crippen LogP contribution >= 0.6 is 15.3 Å². The highest BCUT2D eigenvalue weighted by atomic mass is 79.9. The summed E-state index contributed by atoms with van der Waals surface area (Å²) < 4.78 is 10.8. The lowest BCUT2D eigenvalue weighted by atomic mass is 10.4. The maximum Gasteiger partial charge on any atom is 0.413 e. The van der Waals surface area contributed by atoms with E-state index in [9.17, 15) is 0 Å². The van der Waals surface area contributed by atoms with E-state index in [4.69, 9.17) is 8.85 Å². The maximum atomic E-state index is 5.51. The third-order valence-electron chi connectivity index (χ3n) is 1.49. The zero-order valence-electron chi connectivity index (χ0n) is 7.52. The lowest BCUT2D eigenvalue weighted by Crippen LogP contribution is -2.33. The Balaban J connectivity index is 3.68. The number of hydrogen-bond donors (Lipinski definition) is 0. The Morgan fingerprint density at radius 2 is 2.00 bits per heavy atom. The molecule has 0 aliphatic heterocycles. The van der Waals surface area contributed by atoms with Crippen molar-refractivity contribution in [1.82, 2.24) is 0 Å². The molecule has 0 spiro atoms. The van der Waals surface area contributed by atoms with Crippen molar-refractivity contribution in [2.75, 3.05) is 13.7 Å². The van der Waals surface area contributed by atoms with Crippen LogP contribution in [-0.4, -0.2) is 20.9 Å². The van der Waals surface area contributed by atoms with Crippen molar-refractivity contribution in [3.8, 4) is 0 Å². The summed E-state index contributed by atoms with van der Waals surface area (Å²) in [4.78, 5) is 0. The predicted octanol–water partition coefficient (Wildman–Crippen LogP) is 2.80. The first-order valence-corrected chi connectivity index (χ1v) is 8.34. The highest BCUT2D eigenvalue weighted by Crippen LogP contribution is 2.22. The van der Waals surface area contributed by atoms with Crippen LogP contribution in [0.4, 0.5) is 0 Å². The molecule has 11 heavy (non-hydrogen) atoms. The van der Waals surface area contributed by atoms with Gasteiger partial charge in [0.25, 0.3) is 0 Å². The third kappa shape index (κ3) is 4.95. The number of unbranched alkanes of at least 4 members (excludes halogenated alkanes) is 1. The zero-order chi connectivity index (χ0) is 8.74. The summed E-state index contributed by atoms with van der Waals surface area (Å²) in [5.41, 5.74) is 0. The molecular formula is C7H17BrO2Si. The summed E-state index contributed by atoms with van der Waals surface area (Å²) >= 11 is 3.54. The zero-order valence-corrected chi connectivity index (χ0v) is 10.1. The van der Waals surface area contributed by atoms with Crippen molar-refractivity contribution in [1.29, 1.82) is 0 Å². The molecule has 0 aliphatic carbocycles. The van der Waals surface area contributed by atoms with Crippen LogP contribution in [0.2, 0.25) is 6.04 Å². The number of hydrogen-bond acceptors (Lipinski definition) is 2. The summed E-state index contributed by atoms with van der Waals surface area (Å²) in [6, 6.07) is 1.04. The van der Waals surface area contributed by atoms with Crippen molar-refractivity contribution < 1.29 is 8.85 Å². The Hall–Kier alpha value is 0.617. The van der Waals surface area contributed by atoms with E-state index in [0.29, 0.717) is 0 Å². The van der Waals surface area contributed by atoms with E-state index in [2.05, 4.69) is 22.2 Å². The van der Waals surface area contributed by atoms with Gasteiger partial charge >= 0.3 is 7.18 Å². The molecule has 0 bridgehead atoms. The highest BCUT2D eigenvalue weighted by Gasteiger charge is 2.31. The van der Waals surface area contributed by atoms with Gasteiger partial charge in [0.2, 0.25) is 0 Å². The van der Waals surface area contributed by atoms with Crippen molar-refractivity contribution in [3.63, 3.8) is 0 Å². The van der Waals surface area contributed by atoms with Gasteiger partial charge in [0.05, 0.1) is 0 Å². The Labute approximate surface area is 78.1 Å². The normalized spacial score (nSPS) is 16.4. The molecule has 1 atom stereocenters. The molecule has 1 unspecified atom stereocenters. The molecule has 0 saturated carbocycles. The number of rotatable bonds is 6. The monoisotopic (exact) mass is 240 g/mol. The Morgan fingerprint density at radius 1 is 1.36 bits per heavy atom. The van der Waals surface area contributed by atoms with E-state index in [1.807, 2.05) is 6.92 Å². The van der Waals surface area contributed by atoms with Crippen molar-refractivity contribution in [3.05, 3.63) is 0 Å². The Morgan fingerprint density at radius 3 is 2.36 bits per heavy atom. The molecule has 0 aliphatic rings. The van der Waals surface area contributed by atoms with Gasteiger partial charge in [0.1, 0.15) is 0 Å². The summed E-state index contributed by atoms with van der Waals surface area (Å²) in [5.74, 6) is 0. The first kappa shape index (κ1) is 11.6. The molecule has 68 valence electrons. The summed E-state index contributed by atoms with van der Waals surface area (Å²) in [5, 5.41) is 0. The minimum absolute atomic E-state index is 0.731. The molecule has 4 heteroatoms. The van der Waals surface area contributed by atoms with Gasteiger partial charge in [-0.05, 0) is 6.92 Å². The predicted molar refractivity (Wildman–Crippen MR) is 53.0 cm³/mol. The summed E-state index contributed by atoms with van der Waals surface area (Å²) in [6.45, 7) is 4.90. The fraction of sp³-hybridized carbons (Fsp3) is 1.00. The van der Waals surface area contributed by atoms with Gasteiger partial charge in [-0.25, -0.2) is 0 Å².